The Morgan fingerprint density at radius 1 is 1.43 bits per heavy atom. The van der Waals surface area contributed by atoms with Gasteiger partial charge in [0.15, 0.2) is 0 Å². The van der Waals surface area contributed by atoms with Gasteiger partial charge in [-0.25, -0.2) is 0 Å². The van der Waals surface area contributed by atoms with E-state index >= 15 is 0 Å². The molecule has 0 saturated heterocycles. The van der Waals surface area contributed by atoms with Gasteiger partial charge in [0.25, 0.3) is 0 Å². The summed E-state index contributed by atoms with van der Waals surface area (Å²) in [6.07, 6.45) is -0.769. The monoisotopic (exact) mass is 209 g/mol. The van der Waals surface area contributed by atoms with Crippen LogP contribution in [0.4, 0.5) is 0 Å². The molecule has 0 fully saturated rings. The fourth-order valence-corrected chi connectivity index (χ4v) is 1.91. The molecule has 0 bridgehead atoms. The number of rotatable bonds is 1. The quantitative estimate of drug-likeness (QED) is 0.766. The smallest absolute Gasteiger partial charge is 0.233 e. The first-order chi connectivity index (χ1) is 6.75. The van der Waals surface area contributed by atoms with Gasteiger partial charge in [-0.2, -0.15) is 0 Å². The lowest BCUT2D eigenvalue weighted by Crippen LogP contribution is -2.19. The third kappa shape index (κ3) is 2.08. The molecule has 1 unspecified atom stereocenters. The Hall–Kier alpha value is -1.00. The van der Waals surface area contributed by atoms with Gasteiger partial charge in [0, 0.05) is 5.56 Å². The van der Waals surface area contributed by atoms with Crippen molar-refractivity contribution in [1.29, 1.82) is 0 Å². The minimum Gasteiger partial charge on any atom is -0.362 e. The topological polar surface area (TPSA) is 41.8 Å². The van der Waals surface area contributed by atoms with Crippen molar-refractivity contribution in [2.24, 2.45) is 5.16 Å². The highest BCUT2D eigenvalue weighted by Crippen LogP contribution is 2.20. The molecule has 1 aliphatic heterocycles. The largest absolute Gasteiger partial charge is 0.362 e. The molecule has 0 spiro atoms. The third-order valence-electron chi connectivity index (χ3n) is 1.92. The Kier molecular flexibility index (Phi) is 2.74. The molecule has 74 valence electrons. The highest BCUT2D eigenvalue weighted by atomic mass is 32.2. The maximum atomic E-state index is 9.07. The van der Waals surface area contributed by atoms with E-state index in [9.17, 15) is 0 Å². The van der Waals surface area contributed by atoms with Crippen LogP contribution in [0, 0.1) is 6.92 Å². The molecule has 0 aromatic heterocycles. The number of oxime groups is 1. The van der Waals surface area contributed by atoms with Gasteiger partial charge >= 0.3 is 0 Å². The second kappa shape index (κ2) is 4.02. The molecule has 4 heteroatoms. The van der Waals surface area contributed by atoms with E-state index < -0.39 is 6.29 Å². The number of nitrogens with zero attached hydrogens (tertiary/aromatic N) is 1. The second-order valence-electron chi connectivity index (χ2n) is 3.13. The summed E-state index contributed by atoms with van der Waals surface area (Å²) in [7, 11) is 0. The van der Waals surface area contributed by atoms with Crippen LogP contribution in [0.25, 0.3) is 0 Å². The Bertz CT molecular complexity index is 348. The van der Waals surface area contributed by atoms with E-state index in [0.29, 0.717) is 5.75 Å². The zero-order valence-electron chi connectivity index (χ0n) is 7.80. The van der Waals surface area contributed by atoms with E-state index in [2.05, 4.69) is 5.16 Å². The summed E-state index contributed by atoms with van der Waals surface area (Å²) in [6.45, 7) is 2.04. The normalized spacial score (nSPS) is 21.3. The Labute approximate surface area is 86.8 Å². The van der Waals surface area contributed by atoms with Crippen LogP contribution in [-0.4, -0.2) is 22.2 Å². The SMILES string of the molecule is Cc1ccc(C2=NOC(O)CS2)cc1. The number of benzene rings is 1. The summed E-state index contributed by atoms with van der Waals surface area (Å²) in [5.41, 5.74) is 2.25. The summed E-state index contributed by atoms with van der Waals surface area (Å²) in [5, 5.41) is 13.7. The van der Waals surface area contributed by atoms with E-state index in [1.807, 2.05) is 31.2 Å². The van der Waals surface area contributed by atoms with Crippen molar-refractivity contribution >= 4 is 16.8 Å². The minimum absolute atomic E-state index is 0.534. The Morgan fingerprint density at radius 3 is 2.71 bits per heavy atom. The van der Waals surface area contributed by atoms with Crippen molar-refractivity contribution in [2.75, 3.05) is 5.75 Å². The van der Waals surface area contributed by atoms with Crippen molar-refractivity contribution in [3.05, 3.63) is 35.4 Å². The maximum absolute atomic E-state index is 9.07. The van der Waals surface area contributed by atoms with Crippen LogP contribution in [0.5, 0.6) is 0 Å². The fourth-order valence-electron chi connectivity index (χ4n) is 1.15. The minimum atomic E-state index is -0.769. The molecule has 0 amide bonds. The zero-order valence-corrected chi connectivity index (χ0v) is 8.62. The molecule has 0 radical (unpaired) electrons. The molecular weight excluding hydrogens is 198 g/mol. The summed E-state index contributed by atoms with van der Waals surface area (Å²) >= 11 is 1.51. The van der Waals surface area contributed by atoms with E-state index in [4.69, 9.17) is 9.94 Å². The van der Waals surface area contributed by atoms with Crippen LogP contribution in [0.3, 0.4) is 0 Å². The molecule has 1 aromatic rings. The van der Waals surface area contributed by atoms with Gasteiger partial charge in [0.05, 0.1) is 5.75 Å². The van der Waals surface area contributed by atoms with Crippen LogP contribution in [0.2, 0.25) is 0 Å². The van der Waals surface area contributed by atoms with Crippen LogP contribution in [0.1, 0.15) is 11.1 Å². The first-order valence-electron chi connectivity index (χ1n) is 4.37. The van der Waals surface area contributed by atoms with Crippen molar-refractivity contribution in [1.82, 2.24) is 0 Å². The number of aliphatic hydroxyl groups excluding tert-OH is 1. The molecule has 1 N–H and O–H groups in total. The number of aryl methyl sites for hydroxylation is 1. The van der Waals surface area contributed by atoms with Gasteiger partial charge in [0.2, 0.25) is 6.29 Å². The molecule has 0 aliphatic carbocycles. The van der Waals surface area contributed by atoms with Crippen LogP contribution >= 0.6 is 11.8 Å². The van der Waals surface area contributed by atoms with Crippen molar-refractivity contribution in [2.45, 2.75) is 13.2 Å². The van der Waals surface area contributed by atoms with E-state index in [-0.39, 0.29) is 0 Å². The first-order valence-corrected chi connectivity index (χ1v) is 5.36. The second-order valence-corrected chi connectivity index (χ2v) is 4.14. The summed E-state index contributed by atoms with van der Waals surface area (Å²) in [4.78, 5) is 4.80. The number of thioether (sulfide) groups is 1. The summed E-state index contributed by atoms with van der Waals surface area (Å²) < 4.78 is 0. The van der Waals surface area contributed by atoms with E-state index in [0.717, 1.165) is 10.6 Å². The maximum Gasteiger partial charge on any atom is 0.233 e. The van der Waals surface area contributed by atoms with Crippen LogP contribution in [0.15, 0.2) is 29.4 Å². The highest BCUT2D eigenvalue weighted by Gasteiger charge is 2.16. The van der Waals surface area contributed by atoms with Gasteiger partial charge in [0.1, 0.15) is 5.04 Å². The average molecular weight is 209 g/mol. The molecule has 1 aliphatic rings. The van der Waals surface area contributed by atoms with Gasteiger partial charge in [-0.1, -0.05) is 46.7 Å². The first kappa shape index (κ1) is 9.55. The van der Waals surface area contributed by atoms with E-state index in [1.165, 1.54) is 17.3 Å². The standard InChI is InChI=1S/C10H11NO2S/c1-7-2-4-8(5-3-7)10-11-13-9(12)6-14-10/h2-5,9,12H,6H2,1H3. The molecule has 1 heterocycles. The lowest BCUT2D eigenvalue weighted by atomic mass is 10.2. The number of hydrogen-bond donors (Lipinski definition) is 1. The van der Waals surface area contributed by atoms with Crippen molar-refractivity contribution in [3.8, 4) is 0 Å². The summed E-state index contributed by atoms with van der Waals surface area (Å²) in [5.74, 6) is 0.534. The van der Waals surface area contributed by atoms with Crippen molar-refractivity contribution in [3.63, 3.8) is 0 Å². The van der Waals surface area contributed by atoms with Gasteiger partial charge in [-0.05, 0) is 6.92 Å². The van der Waals surface area contributed by atoms with Gasteiger partial charge in [-0.15, -0.1) is 0 Å². The van der Waals surface area contributed by atoms with Crippen LogP contribution in [-0.2, 0) is 4.84 Å². The molecule has 14 heavy (non-hydrogen) atoms. The number of aliphatic hydroxyl groups is 1. The molecule has 1 aromatic carbocycles. The Morgan fingerprint density at radius 2 is 2.14 bits per heavy atom. The Balaban J connectivity index is 2.19. The highest BCUT2D eigenvalue weighted by molar-refractivity contribution is 8.14. The third-order valence-corrected chi connectivity index (χ3v) is 2.95. The number of hydrogen-bond acceptors (Lipinski definition) is 4. The molecular formula is C10H11NO2S. The molecule has 2 rings (SSSR count). The van der Waals surface area contributed by atoms with Crippen LogP contribution < -0.4 is 0 Å². The molecule has 1 atom stereocenters. The summed E-state index contributed by atoms with van der Waals surface area (Å²) in [6, 6.07) is 8.07. The average Bonchev–Trinajstić information content (AvgIpc) is 2.21. The zero-order chi connectivity index (χ0) is 9.97. The molecule has 0 saturated carbocycles. The lowest BCUT2D eigenvalue weighted by molar-refractivity contribution is -0.0813. The van der Waals surface area contributed by atoms with Gasteiger partial charge in [-0.3, -0.25) is 0 Å². The molecule has 3 nitrogen and oxygen atoms in total. The van der Waals surface area contributed by atoms with E-state index in [1.54, 1.807) is 0 Å². The lowest BCUT2D eigenvalue weighted by Gasteiger charge is -2.15. The fraction of sp³-hybridized carbons (Fsp3) is 0.300. The predicted octanol–water partition coefficient (Wildman–Crippen LogP) is 1.74. The van der Waals surface area contributed by atoms with Crippen molar-refractivity contribution < 1.29 is 9.94 Å². The predicted molar refractivity (Wildman–Crippen MR) is 57.3 cm³/mol. The van der Waals surface area contributed by atoms with Gasteiger partial charge < -0.3 is 9.94 Å².